The maximum Gasteiger partial charge on any atom is 0.328 e. The summed E-state index contributed by atoms with van der Waals surface area (Å²) in [5, 5.41) is 0. The van der Waals surface area contributed by atoms with E-state index >= 15 is 0 Å². The average molecular weight is 319 g/mol. The molecule has 0 aliphatic heterocycles. The Balaban J connectivity index is 2.10. The summed E-state index contributed by atoms with van der Waals surface area (Å²) in [6, 6.07) is 6.07. The van der Waals surface area contributed by atoms with Crippen LogP contribution in [0.25, 0.3) is 11.0 Å². The van der Waals surface area contributed by atoms with Crippen LogP contribution in [0.15, 0.2) is 46.3 Å². The molecule has 0 atom stereocenters. The Kier molecular flexibility index (Phi) is 3.21. The van der Waals surface area contributed by atoms with E-state index in [1.165, 1.54) is 33.7 Å². The van der Waals surface area contributed by atoms with Crippen molar-refractivity contribution in [2.45, 2.75) is 4.90 Å². The summed E-state index contributed by atoms with van der Waals surface area (Å²) >= 11 is 0. The fourth-order valence-electron chi connectivity index (χ4n) is 2.18. The van der Waals surface area contributed by atoms with Crippen molar-refractivity contribution < 1.29 is 8.42 Å². The number of aromatic nitrogens is 4. The Morgan fingerprint density at radius 1 is 1.05 bits per heavy atom. The van der Waals surface area contributed by atoms with Crippen LogP contribution in [0.2, 0.25) is 0 Å². The largest absolute Gasteiger partial charge is 0.328 e. The van der Waals surface area contributed by atoms with Gasteiger partial charge in [-0.05, 0) is 24.3 Å². The van der Waals surface area contributed by atoms with Gasteiger partial charge in [0.1, 0.15) is 0 Å². The van der Waals surface area contributed by atoms with Gasteiger partial charge in [-0.25, -0.2) is 27.9 Å². The number of aryl methyl sites for hydroxylation is 2. The van der Waals surface area contributed by atoms with Crippen molar-refractivity contribution in [3.8, 4) is 0 Å². The third-order valence-corrected chi connectivity index (χ3v) is 4.67. The fourth-order valence-corrected chi connectivity index (χ4v) is 3.16. The number of anilines is 1. The maximum atomic E-state index is 12.4. The first-order valence-corrected chi connectivity index (χ1v) is 7.84. The van der Waals surface area contributed by atoms with Gasteiger partial charge < -0.3 is 0 Å². The van der Waals surface area contributed by atoms with Gasteiger partial charge in [-0.15, -0.1) is 0 Å². The third-order valence-electron chi connectivity index (χ3n) is 3.35. The minimum atomic E-state index is -3.82. The van der Waals surface area contributed by atoms with Gasteiger partial charge in [-0.3, -0.25) is 9.13 Å². The molecule has 8 nitrogen and oxygen atoms in total. The molecule has 1 N–H and O–H groups in total. The monoisotopic (exact) mass is 319 g/mol. The number of rotatable bonds is 3. The van der Waals surface area contributed by atoms with Crippen LogP contribution in [0, 0.1) is 0 Å². The van der Waals surface area contributed by atoms with Gasteiger partial charge in [0.05, 0.1) is 15.9 Å². The molecule has 0 spiro atoms. The summed E-state index contributed by atoms with van der Waals surface area (Å²) in [5.41, 5.74) is 0.968. The van der Waals surface area contributed by atoms with Crippen LogP contribution in [-0.2, 0) is 24.1 Å². The van der Waals surface area contributed by atoms with E-state index in [2.05, 4.69) is 14.7 Å². The zero-order valence-electron chi connectivity index (χ0n) is 11.9. The van der Waals surface area contributed by atoms with Gasteiger partial charge in [-0.2, -0.15) is 0 Å². The van der Waals surface area contributed by atoms with E-state index in [1.54, 1.807) is 26.2 Å². The Morgan fingerprint density at radius 2 is 1.68 bits per heavy atom. The molecule has 22 heavy (non-hydrogen) atoms. The van der Waals surface area contributed by atoms with Crippen molar-refractivity contribution in [3.63, 3.8) is 0 Å². The Labute approximate surface area is 126 Å². The van der Waals surface area contributed by atoms with Crippen LogP contribution in [0.5, 0.6) is 0 Å². The van der Waals surface area contributed by atoms with Crippen LogP contribution >= 0.6 is 0 Å². The Hall–Kier alpha value is -2.68. The van der Waals surface area contributed by atoms with Gasteiger partial charge in [0.15, 0.2) is 0 Å². The highest BCUT2D eigenvalue weighted by molar-refractivity contribution is 7.92. The lowest BCUT2D eigenvalue weighted by Gasteiger charge is -2.06. The second-order valence-electron chi connectivity index (χ2n) is 4.73. The molecule has 2 aromatic heterocycles. The van der Waals surface area contributed by atoms with Crippen molar-refractivity contribution in [2.24, 2.45) is 14.1 Å². The quantitative estimate of drug-likeness (QED) is 0.756. The predicted octanol–water partition coefficient (Wildman–Crippen LogP) is 0.468. The molecule has 1 aromatic carbocycles. The summed E-state index contributed by atoms with van der Waals surface area (Å²) in [5.74, 6) is -0.00968. The van der Waals surface area contributed by atoms with Crippen LogP contribution < -0.4 is 10.4 Å². The van der Waals surface area contributed by atoms with Crippen molar-refractivity contribution in [3.05, 3.63) is 47.1 Å². The average Bonchev–Trinajstić information content (AvgIpc) is 2.72. The van der Waals surface area contributed by atoms with Gasteiger partial charge in [0.25, 0.3) is 10.0 Å². The molecule has 114 valence electrons. The molecule has 3 rings (SSSR count). The molecule has 0 bridgehead atoms. The molecular weight excluding hydrogens is 306 g/mol. The van der Waals surface area contributed by atoms with E-state index in [1.807, 2.05) is 0 Å². The van der Waals surface area contributed by atoms with Crippen LogP contribution in [0.4, 0.5) is 5.95 Å². The molecule has 0 unspecified atom stereocenters. The summed E-state index contributed by atoms with van der Waals surface area (Å²) in [6.45, 7) is 0. The van der Waals surface area contributed by atoms with E-state index in [0.717, 1.165) is 0 Å². The van der Waals surface area contributed by atoms with Crippen LogP contribution in [0.1, 0.15) is 0 Å². The summed E-state index contributed by atoms with van der Waals surface area (Å²) in [6.07, 6.45) is 2.88. The molecule has 9 heteroatoms. The highest BCUT2D eigenvalue weighted by Gasteiger charge is 2.18. The standard InChI is InChI=1S/C13H13N5O3S/c1-17-10-5-4-9(8-11(10)18(2)13(17)19)22(20,21)16-12-14-6-3-7-15-12/h3-8H,1-2H3,(H,14,15,16). The lowest BCUT2D eigenvalue weighted by Crippen LogP contribution is -2.19. The zero-order valence-corrected chi connectivity index (χ0v) is 12.7. The SMILES string of the molecule is Cn1c(=O)n(C)c2cc(S(=O)(=O)Nc3ncccn3)ccc21. The number of nitrogens with one attached hydrogen (secondary N) is 1. The maximum absolute atomic E-state index is 12.4. The minimum absolute atomic E-state index is 0.00968. The number of fused-ring (bicyclic) bond motifs is 1. The number of benzene rings is 1. The Morgan fingerprint density at radius 3 is 2.36 bits per heavy atom. The molecule has 0 fully saturated rings. The molecule has 2 heterocycles. The molecule has 0 aliphatic carbocycles. The van der Waals surface area contributed by atoms with Gasteiger partial charge in [0.2, 0.25) is 5.95 Å². The van der Waals surface area contributed by atoms with Crippen molar-refractivity contribution in [1.82, 2.24) is 19.1 Å². The second kappa shape index (κ2) is 4.95. The minimum Gasteiger partial charge on any atom is -0.295 e. The van der Waals surface area contributed by atoms with E-state index in [0.29, 0.717) is 11.0 Å². The van der Waals surface area contributed by atoms with E-state index in [9.17, 15) is 13.2 Å². The molecule has 0 radical (unpaired) electrons. The molecule has 0 amide bonds. The van der Waals surface area contributed by atoms with Crippen molar-refractivity contribution in [2.75, 3.05) is 4.72 Å². The van der Waals surface area contributed by atoms with E-state index < -0.39 is 10.0 Å². The highest BCUT2D eigenvalue weighted by Crippen LogP contribution is 2.19. The number of nitrogens with zero attached hydrogens (tertiary/aromatic N) is 4. The molecule has 0 saturated carbocycles. The van der Waals surface area contributed by atoms with Gasteiger partial charge >= 0.3 is 5.69 Å². The van der Waals surface area contributed by atoms with Gasteiger partial charge in [0, 0.05) is 26.5 Å². The summed E-state index contributed by atoms with van der Waals surface area (Å²) < 4.78 is 29.9. The molecular formula is C13H13N5O3S. The number of sulfonamides is 1. The smallest absolute Gasteiger partial charge is 0.295 e. The number of hydrogen-bond acceptors (Lipinski definition) is 5. The fraction of sp³-hybridized carbons (Fsp3) is 0.154. The zero-order chi connectivity index (χ0) is 15.9. The van der Waals surface area contributed by atoms with Crippen LogP contribution in [0.3, 0.4) is 0 Å². The first kappa shape index (κ1) is 14.3. The normalized spacial score (nSPS) is 11.7. The molecule has 0 saturated heterocycles. The molecule has 0 aliphatic rings. The molecule has 3 aromatic rings. The van der Waals surface area contributed by atoms with Crippen molar-refractivity contribution in [1.29, 1.82) is 0 Å². The second-order valence-corrected chi connectivity index (χ2v) is 6.41. The number of imidazole rings is 1. The van der Waals surface area contributed by atoms with E-state index in [-0.39, 0.29) is 16.5 Å². The highest BCUT2D eigenvalue weighted by atomic mass is 32.2. The predicted molar refractivity (Wildman–Crippen MR) is 81.0 cm³/mol. The first-order valence-electron chi connectivity index (χ1n) is 6.35. The lowest BCUT2D eigenvalue weighted by molar-refractivity contribution is 0.601. The first-order chi connectivity index (χ1) is 10.4. The summed E-state index contributed by atoms with van der Waals surface area (Å²) in [4.78, 5) is 19.6. The topological polar surface area (TPSA) is 98.9 Å². The number of hydrogen-bond donors (Lipinski definition) is 1. The van der Waals surface area contributed by atoms with Crippen molar-refractivity contribution >= 4 is 27.0 Å². The lowest BCUT2D eigenvalue weighted by atomic mass is 10.3. The van der Waals surface area contributed by atoms with E-state index in [4.69, 9.17) is 0 Å². The van der Waals surface area contributed by atoms with Crippen LogP contribution in [-0.4, -0.2) is 27.5 Å². The summed E-state index contributed by atoms with van der Waals surface area (Å²) in [7, 11) is -0.599. The Bertz CT molecular complexity index is 1010. The third kappa shape index (κ3) is 2.25. The van der Waals surface area contributed by atoms with Gasteiger partial charge in [-0.1, -0.05) is 0 Å².